The number of alkyl halides is 4. The van der Waals surface area contributed by atoms with Gasteiger partial charge in [-0.25, -0.2) is 8.42 Å². The van der Waals surface area contributed by atoms with Crippen LogP contribution < -0.4 is 5.32 Å². The maximum absolute atomic E-state index is 12.5. The van der Waals surface area contributed by atoms with Crippen LogP contribution >= 0.6 is 11.6 Å². The summed E-state index contributed by atoms with van der Waals surface area (Å²) in [6.07, 6.45) is 0. The quantitative estimate of drug-likeness (QED) is 0.616. The zero-order valence-corrected chi connectivity index (χ0v) is 11.9. The highest BCUT2D eigenvalue weighted by Crippen LogP contribution is 2.34. The molecule has 0 fully saturated rings. The van der Waals surface area contributed by atoms with Crippen molar-refractivity contribution in [2.45, 2.75) is 10.4 Å². The van der Waals surface area contributed by atoms with Crippen molar-refractivity contribution in [2.24, 2.45) is 0 Å². The standard InChI is InChI=1S/C11H13ClF3NO3S/c12-5-7-19-8-6-16-9-3-1-2-4-10(9)20(17,18)11(13,14)15/h1-4,16H,5-8H2. The SMILES string of the molecule is O=S(=O)(c1ccccc1NCCOCCCl)C(F)(F)F. The maximum Gasteiger partial charge on any atom is 0.501 e. The minimum Gasteiger partial charge on any atom is -0.382 e. The smallest absolute Gasteiger partial charge is 0.382 e. The fraction of sp³-hybridized carbons (Fsp3) is 0.455. The van der Waals surface area contributed by atoms with Gasteiger partial charge in [-0.2, -0.15) is 13.2 Å². The molecule has 1 N–H and O–H groups in total. The summed E-state index contributed by atoms with van der Waals surface area (Å²) in [6, 6.07) is 4.84. The van der Waals surface area contributed by atoms with Gasteiger partial charge in [0.25, 0.3) is 9.84 Å². The van der Waals surface area contributed by atoms with Gasteiger partial charge in [0.2, 0.25) is 0 Å². The molecule has 0 bridgehead atoms. The molecule has 0 radical (unpaired) electrons. The van der Waals surface area contributed by atoms with E-state index < -0.39 is 20.2 Å². The lowest BCUT2D eigenvalue weighted by atomic mass is 10.3. The van der Waals surface area contributed by atoms with Gasteiger partial charge in [0.15, 0.2) is 0 Å². The number of para-hydroxylation sites is 1. The molecule has 1 aromatic carbocycles. The van der Waals surface area contributed by atoms with Gasteiger partial charge in [0.1, 0.15) is 0 Å². The topological polar surface area (TPSA) is 55.4 Å². The molecule has 0 atom stereocenters. The monoisotopic (exact) mass is 331 g/mol. The number of hydrogen-bond donors (Lipinski definition) is 1. The number of anilines is 1. The van der Waals surface area contributed by atoms with Crippen molar-refractivity contribution in [1.82, 2.24) is 0 Å². The minimum atomic E-state index is -5.38. The van der Waals surface area contributed by atoms with Crippen molar-refractivity contribution >= 4 is 27.1 Å². The molecule has 1 aromatic rings. The summed E-state index contributed by atoms with van der Waals surface area (Å²) in [5.41, 5.74) is -5.45. The van der Waals surface area contributed by atoms with Gasteiger partial charge in [-0.1, -0.05) is 12.1 Å². The number of hydrogen-bond acceptors (Lipinski definition) is 4. The van der Waals surface area contributed by atoms with Gasteiger partial charge in [-0.15, -0.1) is 11.6 Å². The molecule has 9 heteroatoms. The third kappa shape index (κ3) is 4.26. The number of nitrogens with one attached hydrogen (secondary N) is 1. The van der Waals surface area contributed by atoms with E-state index in [1.165, 1.54) is 18.2 Å². The van der Waals surface area contributed by atoms with Crippen molar-refractivity contribution in [2.75, 3.05) is 31.0 Å². The Hall–Kier alpha value is -0.990. The average Bonchev–Trinajstić information content (AvgIpc) is 2.37. The summed E-state index contributed by atoms with van der Waals surface area (Å²) < 4.78 is 65.4. The second-order valence-electron chi connectivity index (χ2n) is 3.67. The van der Waals surface area contributed by atoms with Gasteiger partial charge >= 0.3 is 5.51 Å². The van der Waals surface area contributed by atoms with E-state index in [1.807, 2.05) is 0 Å². The van der Waals surface area contributed by atoms with E-state index >= 15 is 0 Å². The molecule has 4 nitrogen and oxygen atoms in total. The maximum atomic E-state index is 12.5. The van der Waals surface area contributed by atoms with Gasteiger partial charge in [0, 0.05) is 12.4 Å². The first-order valence-corrected chi connectivity index (χ1v) is 7.60. The molecule has 0 aliphatic heterocycles. The molecule has 0 aliphatic rings. The summed E-state index contributed by atoms with van der Waals surface area (Å²) in [5.74, 6) is 0.305. The molecule has 0 aromatic heterocycles. The summed E-state index contributed by atoms with van der Waals surface area (Å²) in [7, 11) is -5.38. The second kappa shape index (κ2) is 7.14. The number of sulfone groups is 1. The Morgan fingerprint density at radius 2 is 1.85 bits per heavy atom. The van der Waals surface area contributed by atoms with Gasteiger partial charge < -0.3 is 10.1 Å². The van der Waals surface area contributed by atoms with Crippen LogP contribution in [0.1, 0.15) is 0 Å². The van der Waals surface area contributed by atoms with Gasteiger partial charge in [-0.3, -0.25) is 0 Å². The first-order chi connectivity index (χ1) is 9.30. The Morgan fingerprint density at radius 1 is 1.20 bits per heavy atom. The number of benzene rings is 1. The third-order valence-electron chi connectivity index (χ3n) is 2.26. The fourth-order valence-electron chi connectivity index (χ4n) is 1.39. The Bertz CT molecular complexity index is 534. The van der Waals surface area contributed by atoms with Crippen molar-refractivity contribution in [3.8, 4) is 0 Å². The summed E-state index contributed by atoms with van der Waals surface area (Å²) >= 11 is 5.38. The Labute approximate surface area is 119 Å². The largest absolute Gasteiger partial charge is 0.501 e. The molecule has 0 heterocycles. The van der Waals surface area contributed by atoms with E-state index in [-0.39, 0.29) is 18.8 Å². The van der Waals surface area contributed by atoms with Crippen LogP contribution in [0, 0.1) is 0 Å². The van der Waals surface area contributed by atoms with E-state index in [9.17, 15) is 21.6 Å². The molecule has 0 unspecified atom stereocenters. The highest BCUT2D eigenvalue weighted by molar-refractivity contribution is 7.92. The van der Waals surface area contributed by atoms with Crippen LogP contribution in [0.15, 0.2) is 29.2 Å². The molecule has 1 rings (SSSR count). The molecule has 0 spiro atoms. The highest BCUT2D eigenvalue weighted by Gasteiger charge is 2.47. The van der Waals surface area contributed by atoms with Crippen molar-refractivity contribution in [1.29, 1.82) is 0 Å². The van der Waals surface area contributed by atoms with Gasteiger partial charge in [-0.05, 0) is 12.1 Å². The predicted octanol–water partition coefficient (Wildman–Crippen LogP) is 2.65. The molecule has 0 saturated heterocycles. The molecule has 0 amide bonds. The molecule has 0 saturated carbocycles. The van der Waals surface area contributed by atoms with Crippen LogP contribution in [0.25, 0.3) is 0 Å². The minimum absolute atomic E-state index is 0.112. The van der Waals surface area contributed by atoms with Crippen molar-refractivity contribution in [3.63, 3.8) is 0 Å². The first-order valence-electron chi connectivity index (χ1n) is 5.58. The molecular formula is C11H13ClF3NO3S. The van der Waals surface area contributed by atoms with E-state index in [4.69, 9.17) is 16.3 Å². The van der Waals surface area contributed by atoms with Crippen LogP contribution in [0.5, 0.6) is 0 Å². The van der Waals surface area contributed by atoms with E-state index in [0.29, 0.717) is 12.5 Å². The number of rotatable bonds is 7. The lowest BCUT2D eigenvalue weighted by Crippen LogP contribution is -2.24. The van der Waals surface area contributed by atoms with E-state index in [0.717, 1.165) is 6.07 Å². The summed E-state index contributed by atoms with van der Waals surface area (Å²) in [4.78, 5) is -0.801. The molecule has 114 valence electrons. The van der Waals surface area contributed by atoms with Gasteiger partial charge in [0.05, 0.1) is 23.8 Å². The van der Waals surface area contributed by atoms with Crippen LogP contribution in [-0.4, -0.2) is 39.6 Å². The highest BCUT2D eigenvalue weighted by atomic mass is 35.5. The Balaban J connectivity index is 2.84. The first kappa shape index (κ1) is 17.1. The number of ether oxygens (including phenoxy) is 1. The zero-order valence-electron chi connectivity index (χ0n) is 10.3. The average molecular weight is 332 g/mol. The molecule has 20 heavy (non-hydrogen) atoms. The van der Waals surface area contributed by atoms with E-state index in [1.54, 1.807) is 0 Å². The fourth-order valence-corrected chi connectivity index (χ4v) is 2.43. The van der Waals surface area contributed by atoms with Crippen LogP contribution in [0.2, 0.25) is 0 Å². The lowest BCUT2D eigenvalue weighted by molar-refractivity contribution is -0.0435. The lowest BCUT2D eigenvalue weighted by Gasteiger charge is -2.14. The van der Waals surface area contributed by atoms with Crippen molar-refractivity contribution < 1.29 is 26.3 Å². The van der Waals surface area contributed by atoms with Crippen LogP contribution in [-0.2, 0) is 14.6 Å². The Kier molecular flexibility index (Phi) is 6.09. The second-order valence-corrected chi connectivity index (χ2v) is 5.96. The zero-order chi connectivity index (χ0) is 15.2. The summed E-state index contributed by atoms with van der Waals surface area (Å²) in [5, 5.41) is 2.60. The van der Waals surface area contributed by atoms with Crippen LogP contribution in [0.3, 0.4) is 0 Å². The number of halogens is 4. The normalized spacial score (nSPS) is 12.4. The summed E-state index contributed by atoms with van der Waals surface area (Å²) in [6.45, 7) is 0.681. The Morgan fingerprint density at radius 3 is 2.45 bits per heavy atom. The predicted molar refractivity (Wildman–Crippen MR) is 69.7 cm³/mol. The van der Waals surface area contributed by atoms with Crippen LogP contribution in [0.4, 0.5) is 18.9 Å². The third-order valence-corrected chi connectivity index (χ3v) is 3.96. The van der Waals surface area contributed by atoms with Crippen molar-refractivity contribution in [3.05, 3.63) is 24.3 Å². The van der Waals surface area contributed by atoms with E-state index in [2.05, 4.69) is 5.32 Å². The molecule has 0 aliphatic carbocycles. The molecular weight excluding hydrogens is 319 g/mol.